The van der Waals surface area contributed by atoms with Gasteiger partial charge in [-0.25, -0.2) is 18.9 Å². The maximum Gasteiger partial charge on any atom is 0.358 e. The fourth-order valence-electron chi connectivity index (χ4n) is 2.07. The van der Waals surface area contributed by atoms with Crippen molar-refractivity contribution in [2.45, 2.75) is 0 Å². The van der Waals surface area contributed by atoms with Gasteiger partial charge in [0.1, 0.15) is 5.82 Å². The molecular weight excluding hydrogens is 285 g/mol. The summed E-state index contributed by atoms with van der Waals surface area (Å²) in [7, 11) is 1.29. The van der Waals surface area contributed by atoms with E-state index < -0.39 is 5.97 Å². The molecule has 0 unspecified atom stereocenters. The molecule has 0 aliphatic heterocycles. The average Bonchev–Trinajstić information content (AvgIpc) is 3.01. The maximum absolute atomic E-state index is 13.1. The van der Waals surface area contributed by atoms with Crippen LogP contribution in [0.5, 0.6) is 0 Å². The summed E-state index contributed by atoms with van der Waals surface area (Å²) in [5, 5.41) is 4.24. The molecule has 0 aliphatic carbocycles. The number of carbonyl (C=O) groups is 1. The minimum Gasteiger partial charge on any atom is -0.464 e. The lowest BCUT2D eigenvalue weighted by molar-refractivity contribution is 0.0593. The molecule has 0 fully saturated rings. The Labute approximate surface area is 126 Å². The Kier molecular flexibility index (Phi) is 3.65. The molecular formula is C16H12FN3O2. The standard InChI is InChI=1S/C16H12FN3O2/c1-22-16(21)13-10-14(11-5-7-12(17)8-6-11)20(19-13)15-4-2-3-9-18-15/h2-10H,1H3. The summed E-state index contributed by atoms with van der Waals surface area (Å²) < 4.78 is 19.3. The van der Waals surface area contributed by atoms with Crippen LogP contribution >= 0.6 is 0 Å². The number of nitrogens with zero attached hydrogens (tertiary/aromatic N) is 3. The van der Waals surface area contributed by atoms with Crippen LogP contribution in [0, 0.1) is 5.82 Å². The van der Waals surface area contributed by atoms with Crippen molar-refractivity contribution in [3.63, 3.8) is 0 Å². The molecule has 0 N–H and O–H groups in total. The maximum atomic E-state index is 13.1. The van der Waals surface area contributed by atoms with Crippen LogP contribution in [0.1, 0.15) is 10.5 Å². The highest BCUT2D eigenvalue weighted by Gasteiger charge is 2.17. The molecule has 0 aliphatic rings. The summed E-state index contributed by atoms with van der Waals surface area (Å²) in [6.45, 7) is 0. The summed E-state index contributed by atoms with van der Waals surface area (Å²) in [5.74, 6) is -0.323. The van der Waals surface area contributed by atoms with Crippen molar-refractivity contribution in [2.24, 2.45) is 0 Å². The van der Waals surface area contributed by atoms with E-state index in [0.717, 1.165) is 5.56 Å². The van der Waals surface area contributed by atoms with Crippen LogP contribution in [0.2, 0.25) is 0 Å². The van der Waals surface area contributed by atoms with Gasteiger partial charge in [-0.1, -0.05) is 6.07 Å². The van der Waals surface area contributed by atoms with E-state index in [4.69, 9.17) is 4.74 Å². The third-order valence-corrected chi connectivity index (χ3v) is 3.11. The first-order valence-corrected chi connectivity index (χ1v) is 6.55. The van der Waals surface area contributed by atoms with Crippen LogP contribution in [0.15, 0.2) is 54.7 Å². The molecule has 0 radical (unpaired) electrons. The molecule has 1 aromatic carbocycles. The van der Waals surface area contributed by atoms with Gasteiger partial charge < -0.3 is 4.74 Å². The summed E-state index contributed by atoms with van der Waals surface area (Å²) in [6.07, 6.45) is 1.63. The van der Waals surface area contributed by atoms with Gasteiger partial charge in [-0.05, 0) is 42.5 Å². The van der Waals surface area contributed by atoms with Gasteiger partial charge in [0, 0.05) is 11.8 Å². The number of methoxy groups -OCH3 is 1. The van der Waals surface area contributed by atoms with E-state index in [-0.39, 0.29) is 11.5 Å². The van der Waals surface area contributed by atoms with E-state index in [1.54, 1.807) is 36.5 Å². The van der Waals surface area contributed by atoms with Gasteiger partial charge in [-0.2, -0.15) is 5.10 Å². The lowest BCUT2D eigenvalue weighted by Gasteiger charge is -2.06. The molecule has 0 amide bonds. The quantitative estimate of drug-likeness (QED) is 0.698. The molecule has 3 aromatic rings. The lowest BCUT2D eigenvalue weighted by Crippen LogP contribution is -2.05. The molecule has 2 aromatic heterocycles. The lowest BCUT2D eigenvalue weighted by atomic mass is 10.1. The van der Waals surface area contributed by atoms with Crippen molar-refractivity contribution >= 4 is 5.97 Å². The second kappa shape index (κ2) is 5.77. The molecule has 110 valence electrons. The number of ether oxygens (including phenoxy) is 1. The molecule has 2 heterocycles. The summed E-state index contributed by atoms with van der Waals surface area (Å²) in [4.78, 5) is 15.9. The predicted octanol–water partition coefficient (Wildman–Crippen LogP) is 2.86. The second-order valence-corrected chi connectivity index (χ2v) is 4.51. The number of hydrogen-bond donors (Lipinski definition) is 0. The van der Waals surface area contributed by atoms with Crippen molar-refractivity contribution in [1.82, 2.24) is 14.8 Å². The zero-order valence-corrected chi connectivity index (χ0v) is 11.7. The second-order valence-electron chi connectivity index (χ2n) is 4.51. The van der Waals surface area contributed by atoms with Crippen LogP contribution < -0.4 is 0 Å². The molecule has 0 saturated carbocycles. The number of hydrogen-bond acceptors (Lipinski definition) is 4. The number of rotatable bonds is 3. The molecule has 3 rings (SSSR count). The van der Waals surface area contributed by atoms with Crippen molar-refractivity contribution in [3.8, 4) is 17.1 Å². The van der Waals surface area contributed by atoms with Gasteiger partial charge in [0.15, 0.2) is 11.5 Å². The van der Waals surface area contributed by atoms with Gasteiger partial charge in [-0.15, -0.1) is 0 Å². The molecule has 5 nitrogen and oxygen atoms in total. The third-order valence-electron chi connectivity index (χ3n) is 3.11. The van der Waals surface area contributed by atoms with Crippen molar-refractivity contribution < 1.29 is 13.9 Å². The minimum atomic E-state index is -0.543. The van der Waals surface area contributed by atoms with Gasteiger partial charge in [0.05, 0.1) is 12.8 Å². The average molecular weight is 297 g/mol. The number of pyridine rings is 1. The molecule has 22 heavy (non-hydrogen) atoms. The number of halogens is 1. The Morgan fingerprint density at radius 1 is 1.18 bits per heavy atom. The van der Waals surface area contributed by atoms with Crippen molar-refractivity contribution in [2.75, 3.05) is 7.11 Å². The Balaban J connectivity index is 2.17. The molecule has 0 spiro atoms. The fraction of sp³-hybridized carbons (Fsp3) is 0.0625. The zero-order chi connectivity index (χ0) is 15.5. The number of aromatic nitrogens is 3. The highest BCUT2D eigenvalue weighted by atomic mass is 19.1. The van der Waals surface area contributed by atoms with Crippen LogP contribution in [-0.4, -0.2) is 27.8 Å². The largest absolute Gasteiger partial charge is 0.464 e. The zero-order valence-electron chi connectivity index (χ0n) is 11.7. The Bertz CT molecular complexity index is 798. The molecule has 0 bridgehead atoms. The van der Waals surface area contributed by atoms with E-state index in [1.165, 1.54) is 23.9 Å². The van der Waals surface area contributed by atoms with Crippen molar-refractivity contribution in [3.05, 3.63) is 66.2 Å². The summed E-state index contributed by atoms with van der Waals surface area (Å²) in [5.41, 5.74) is 1.50. The minimum absolute atomic E-state index is 0.160. The third kappa shape index (κ3) is 2.58. The monoisotopic (exact) mass is 297 g/mol. The van der Waals surface area contributed by atoms with E-state index in [1.807, 2.05) is 6.07 Å². The van der Waals surface area contributed by atoms with Crippen LogP contribution in [0.25, 0.3) is 17.1 Å². The smallest absolute Gasteiger partial charge is 0.358 e. The first kappa shape index (κ1) is 13.9. The van der Waals surface area contributed by atoms with Crippen LogP contribution in [-0.2, 0) is 4.74 Å². The SMILES string of the molecule is COC(=O)c1cc(-c2ccc(F)cc2)n(-c2ccccn2)n1. The summed E-state index contributed by atoms with van der Waals surface area (Å²) >= 11 is 0. The fourth-order valence-corrected chi connectivity index (χ4v) is 2.07. The number of esters is 1. The van der Waals surface area contributed by atoms with Gasteiger partial charge >= 0.3 is 5.97 Å². The van der Waals surface area contributed by atoms with E-state index >= 15 is 0 Å². The molecule has 0 saturated heterocycles. The normalized spacial score (nSPS) is 10.5. The van der Waals surface area contributed by atoms with Gasteiger partial charge in [-0.3, -0.25) is 0 Å². The van der Waals surface area contributed by atoms with Crippen LogP contribution in [0.4, 0.5) is 4.39 Å². The van der Waals surface area contributed by atoms with Gasteiger partial charge in [0.2, 0.25) is 0 Å². The van der Waals surface area contributed by atoms with E-state index in [9.17, 15) is 9.18 Å². The summed E-state index contributed by atoms with van der Waals surface area (Å²) in [6, 6.07) is 12.9. The first-order valence-electron chi connectivity index (χ1n) is 6.55. The van der Waals surface area contributed by atoms with E-state index in [0.29, 0.717) is 11.5 Å². The highest BCUT2D eigenvalue weighted by molar-refractivity contribution is 5.88. The Hall–Kier alpha value is -3.02. The predicted molar refractivity (Wildman–Crippen MR) is 78.1 cm³/mol. The van der Waals surface area contributed by atoms with E-state index in [2.05, 4.69) is 10.1 Å². The number of carbonyl (C=O) groups excluding carboxylic acids is 1. The Morgan fingerprint density at radius 2 is 1.95 bits per heavy atom. The number of benzene rings is 1. The topological polar surface area (TPSA) is 57.0 Å². The molecule has 6 heteroatoms. The van der Waals surface area contributed by atoms with Crippen LogP contribution in [0.3, 0.4) is 0 Å². The first-order chi connectivity index (χ1) is 10.7. The molecule has 0 atom stereocenters. The van der Waals surface area contributed by atoms with Crippen molar-refractivity contribution in [1.29, 1.82) is 0 Å². The Morgan fingerprint density at radius 3 is 2.59 bits per heavy atom. The highest BCUT2D eigenvalue weighted by Crippen LogP contribution is 2.23. The van der Waals surface area contributed by atoms with Gasteiger partial charge in [0.25, 0.3) is 0 Å².